The third-order valence-electron chi connectivity index (χ3n) is 4.11. The first-order valence-electron chi connectivity index (χ1n) is 8.33. The highest BCUT2D eigenvalue weighted by Gasteiger charge is 2.28. The Labute approximate surface area is 158 Å². The van der Waals surface area contributed by atoms with E-state index in [-0.39, 0.29) is 24.5 Å². The Morgan fingerprint density at radius 1 is 1.24 bits per heavy atom. The van der Waals surface area contributed by atoms with Crippen LogP contribution in [0.3, 0.4) is 0 Å². The summed E-state index contributed by atoms with van der Waals surface area (Å²) in [5.74, 6) is 0.386. The van der Waals surface area contributed by atoms with Gasteiger partial charge in [-0.3, -0.25) is 9.59 Å². The Morgan fingerprint density at radius 3 is 2.44 bits per heavy atom. The molecule has 1 N–H and O–H groups in total. The number of nitrogens with one attached hydrogen (secondary N) is 1. The first-order chi connectivity index (χ1) is 11.7. The van der Waals surface area contributed by atoms with Gasteiger partial charge in [0.1, 0.15) is 5.75 Å². The second kappa shape index (κ2) is 8.28. The Morgan fingerprint density at radius 2 is 1.88 bits per heavy atom. The standard InChI is InChI=1S/C18H24Cl2N2O3/c1-18(2,3)17(24)21-13-6-8-22(9-7-13)16(23)11-25-15-5-4-12(19)10-14(15)20/h4-5,10,13H,6-9,11H2,1-3H3,(H,21,24). The van der Waals surface area contributed by atoms with Crippen molar-refractivity contribution in [1.29, 1.82) is 0 Å². The highest BCUT2D eigenvalue weighted by atomic mass is 35.5. The number of hydrogen-bond donors (Lipinski definition) is 1. The maximum absolute atomic E-state index is 12.3. The van der Waals surface area contributed by atoms with Crippen molar-refractivity contribution >= 4 is 35.0 Å². The number of piperidine rings is 1. The number of amides is 2. The molecule has 1 aromatic rings. The molecule has 2 amide bonds. The van der Waals surface area contributed by atoms with Crippen molar-refractivity contribution in [1.82, 2.24) is 10.2 Å². The smallest absolute Gasteiger partial charge is 0.260 e. The van der Waals surface area contributed by atoms with Gasteiger partial charge in [-0.1, -0.05) is 44.0 Å². The molecule has 0 saturated carbocycles. The normalized spacial score (nSPS) is 15.8. The van der Waals surface area contributed by atoms with Crippen molar-refractivity contribution in [2.45, 2.75) is 39.7 Å². The van der Waals surface area contributed by atoms with Crippen molar-refractivity contribution in [3.63, 3.8) is 0 Å². The Bertz CT molecular complexity index is 636. The van der Waals surface area contributed by atoms with Gasteiger partial charge in [0.2, 0.25) is 5.91 Å². The largest absolute Gasteiger partial charge is 0.482 e. The molecule has 0 radical (unpaired) electrons. The molecular formula is C18H24Cl2N2O3. The number of hydrogen-bond acceptors (Lipinski definition) is 3. The quantitative estimate of drug-likeness (QED) is 0.860. The van der Waals surface area contributed by atoms with Crippen LogP contribution in [0.2, 0.25) is 10.0 Å². The maximum atomic E-state index is 12.3. The molecule has 0 aromatic heterocycles. The predicted octanol–water partition coefficient (Wildman–Crippen LogP) is 3.53. The number of ether oxygens (including phenoxy) is 1. The number of benzene rings is 1. The van der Waals surface area contributed by atoms with Gasteiger partial charge in [0, 0.05) is 29.6 Å². The summed E-state index contributed by atoms with van der Waals surface area (Å²) in [4.78, 5) is 26.1. The molecule has 0 unspecified atom stereocenters. The van der Waals surface area contributed by atoms with Gasteiger partial charge in [-0.15, -0.1) is 0 Å². The lowest BCUT2D eigenvalue weighted by molar-refractivity contribution is -0.134. The first-order valence-corrected chi connectivity index (χ1v) is 9.09. The molecule has 0 bridgehead atoms. The zero-order valence-electron chi connectivity index (χ0n) is 14.8. The Balaban J connectivity index is 1.78. The van der Waals surface area contributed by atoms with Gasteiger partial charge in [0.15, 0.2) is 6.61 Å². The van der Waals surface area contributed by atoms with Crippen molar-refractivity contribution in [2.75, 3.05) is 19.7 Å². The van der Waals surface area contributed by atoms with Gasteiger partial charge in [-0.25, -0.2) is 0 Å². The zero-order valence-corrected chi connectivity index (χ0v) is 16.3. The van der Waals surface area contributed by atoms with E-state index in [0.29, 0.717) is 28.9 Å². The van der Waals surface area contributed by atoms with Crippen LogP contribution in [0.4, 0.5) is 0 Å². The fraction of sp³-hybridized carbons (Fsp3) is 0.556. The number of halogens is 2. The third kappa shape index (κ3) is 5.79. The summed E-state index contributed by atoms with van der Waals surface area (Å²) >= 11 is 11.9. The van der Waals surface area contributed by atoms with Gasteiger partial charge in [-0.05, 0) is 31.0 Å². The molecule has 7 heteroatoms. The van der Waals surface area contributed by atoms with Crippen LogP contribution in [0.5, 0.6) is 5.75 Å². The fourth-order valence-corrected chi connectivity index (χ4v) is 2.96. The number of likely N-dealkylation sites (tertiary alicyclic amines) is 1. The van der Waals surface area contributed by atoms with Gasteiger partial charge >= 0.3 is 0 Å². The topological polar surface area (TPSA) is 58.6 Å². The molecule has 2 rings (SSSR count). The summed E-state index contributed by atoms with van der Waals surface area (Å²) in [7, 11) is 0. The van der Waals surface area contributed by atoms with Gasteiger partial charge in [-0.2, -0.15) is 0 Å². The van der Waals surface area contributed by atoms with Crippen molar-refractivity contribution in [3.05, 3.63) is 28.2 Å². The Kier molecular flexibility index (Phi) is 6.58. The average molecular weight is 387 g/mol. The van der Waals surface area contributed by atoms with Crippen LogP contribution in [-0.4, -0.2) is 42.5 Å². The zero-order chi connectivity index (χ0) is 18.6. The minimum absolute atomic E-state index is 0.0398. The van der Waals surface area contributed by atoms with E-state index < -0.39 is 5.41 Å². The SMILES string of the molecule is CC(C)(C)C(=O)NC1CCN(C(=O)COc2ccc(Cl)cc2Cl)CC1. The summed E-state index contributed by atoms with van der Waals surface area (Å²) in [6, 6.07) is 5.00. The minimum Gasteiger partial charge on any atom is -0.482 e. The number of nitrogens with zero attached hydrogens (tertiary/aromatic N) is 1. The molecule has 1 heterocycles. The van der Waals surface area contributed by atoms with Crippen LogP contribution in [0, 0.1) is 5.41 Å². The summed E-state index contributed by atoms with van der Waals surface area (Å²) in [6.07, 6.45) is 1.49. The van der Waals surface area contributed by atoms with Crippen LogP contribution in [-0.2, 0) is 9.59 Å². The molecule has 0 atom stereocenters. The second-order valence-corrected chi connectivity index (χ2v) is 8.09. The van der Waals surface area contributed by atoms with E-state index >= 15 is 0 Å². The first kappa shape index (κ1) is 19.9. The molecular weight excluding hydrogens is 363 g/mol. The molecule has 1 saturated heterocycles. The summed E-state index contributed by atoms with van der Waals surface area (Å²) in [5.41, 5.74) is -0.404. The van der Waals surface area contributed by atoms with Gasteiger partial charge in [0.05, 0.1) is 5.02 Å². The van der Waals surface area contributed by atoms with Crippen molar-refractivity contribution in [3.8, 4) is 5.75 Å². The summed E-state index contributed by atoms with van der Waals surface area (Å²) in [5, 5.41) is 3.95. The minimum atomic E-state index is -0.404. The highest BCUT2D eigenvalue weighted by Crippen LogP contribution is 2.27. The van der Waals surface area contributed by atoms with Crippen molar-refractivity contribution in [2.24, 2.45) is 5.41 Å². The molecule has 0 spiro atoms. The van der Waals surface area contributed by atoms with E-state index in [0.717, 1.165) is 12.8 Å². The molecule has 1 aliphatic rings. The lowest BCUT2D eigenvalue weighted by atomic mass is 9.94. The number of carbonyl (C=O) groups excluding carboxylic acids is 2. The lowest BCUT2D eigenvalue weighted by Gasteiger charge is -2.33. The molecule has 138 valence electrons. The van der Waals surface area contributed by atoms with E-state index in [2.05, 4.69) is 5.32 Å². The molecule has 0 aliphatic carbocycles. The molecule has 25 heavy (non-hydrogen) atoms. The van der Waals surface area contributed by atoms with Crippen LogP contribution in [0.15, 0.2) is 18.2 Å². The van der Waals surface area contributed by atoms with Gasteiger partial charge in [0.25, 0.3) is 5.91 Å². The maximum Gasteiger partial charge on any atom is 0.260 e. The van der Waals surface area contributed by atoms with Gasteiger partial charge < -0.3 is 15.0 Å². The molecule has 1 aromatic carbocycles. The van der Waals surface area contributed by atoms with Crippen molar-refractivity contribution < 1.29 is 14.3 Å². The van der Waals surface area contributed by atoms with E-state index in [9.17, 15) is 9.59 Å². The predicted molar refractivity (Wildman–Crippen MR) is 99.2 cm³/mol. The summed E-state index contributed by atoms with van der Waals surface area (Å²) < 4.78 is 5.49. The molecule has 5 nitrogen and oxygen atoms in total. The molecule has 1 fully saturated rings. The lowest BCUT2D eigenvalue weighted by Crippen LogP contribution is -2.49. The molecule has 1 aliphatic heterocycles. The van der Waals surface area contributed by atoms with E-state index in [1.807, 2.05) is 20.8 Å². The van der Waals surface area contributed by atoms with Crippen LogP contribution >= 0.6 is 23.2 Å². The summed E-state index contributed by atoms with van der Waals surface area (Å²) in [6.45, 7) is 6.80. The van der Waals surface area contributed by atoms with Crippen LogP contribution in [0.1, 0.15) is 33.6 Å². The Hall–Kier alpha value is -1.46. The fourth-order valence-electron chi connectivity index (χ4n) is 2.50. The highest BCUT2D eigenvalue weighted by molar-refractivity contribution is 6.35. The monoisotopic (exact) mass is 386 g/mol. The number of carbonyl (C=O) groups is 2. The van der Waals surface area contributed by atoms with E-state index in [1.165, 1.54) is 0 Å². The number of rotatable bonds is 4. The van der Waals surface area contributed by atoms with E-state index in [1.54, 1.807) is 23.1 Å². The van der Waals surface area contributed by atoms with Crippen LogP contribution in [0.25, 0.3) is 0 Å². The second-order valence-electron chi connectivity index (χ2n) is 7.24. The van der Waals surface area contributed by atoms with E-state index in [4.69, 9.17) is 27.9 Å². The van der Waals surface area contributed by atoms with Crippen LogP contribution < -0.4 is 10.1 Å². The third-order valence-corrected chi connectivity index (χ3v) is 4.64. The average Bonchev–Trinajstić information content (AvgIpc) is 2.53.